The molecule has 0 aliphatic carbocycles. The molecule has 0 aliphatic rings. The SMILES string of the molecule is COc1ncccc1C(=O)NCc1cc[c]cc1. The lowest BCUT2D eigenvalue weighted by Crippen LogP contribution is -2.23. The third-order valence-electron chi connectivity index (χ3n) is 2.45. The molecule has 2 rings (SSSR count). The number of hydrogen-bond donors (Lipinski definition) is 1. The van der Waals surface area contributed by atoms with Crippen molar-refractivity contribution in [2.45, 2.75) is 6.54 Å². The molecule has 0 spiro atoms. The van der Waals surface area contributed by atoms with Crippen molar-refractivity contribution >= 4 is 5.91 Å². The largest absolute Gasteiger partial charge is 0.480 e. The van der Waals surface area contributed by atoms with Crippen LogP contribution in [-0.2, 0) is 6.54 Å². The van der Waals surface area contributed by atoms with Gasteiger partial charge in [-0.15, -0.1) is 0 Å². The molecule has 4 nitrogen and oxygen atoms in total. The molecule has 18 heavy (non-hydrogen) atoms. The van der Waals surface area contributed by atoms with E-state index >= 15 is 0 Å². The fourth-order valence-corrected chi connectivity index (χ4v) is 1.54. The van der Waals surface area contributed by atoms with Crippen molar-refractivity contribution in [1.29, 1.82) is 0 Å². The van der Waals surface area contributed by atoms with Gasteiger partial charge in [0.05, 0.1) is 7.11 Å². The summed E-state index contributed by atoms with van der Waals surface area (Å²) in [6.07, 6.45) is 1.59. The van der Waals surface area contributed by atoms with E-state index in [-0.39, 0.29) is 5.91 Å². The summed E-state index contributed by atoms with van der Waals surface area (Å²) >= 11 is 0. The zero-order chi connectivity index (χ0) is 12.8. The highest BCUT2D eigenvalue weighted by molar-refractivity contribution is 5.96. The molecule has 0 saturated carbocycles. The van der Waals surface area contributed by atoms with Crippen molar-refractivity contribution in [3.8, 4) is 5.88 Å². The number of amides is 1. The molecule has 91 valence electrons. The quantitative estimate of drug-likeness (QED) is 0.888. The number of carbonyl (C=O) groups is 1. The van der Waals surface area contributed by atoms with E-state index in [4.69, 9.17) is 4.74 Å². The summed E-state index contributed by atoms with van der Waals surface area (Å²) in [4.78, 5) is 15.9. The predicted molar refractivity (Wildman–Crippen MR) is 67.2 cm³/mol. The van der Waals surface area contributed by atoms with Crippen LogP contribution in [0.25, 0.3) is 0 Å². The standard InChI is InChI=1S/C14H13N2O2/c1-18-14-12(8-5-9-15-14)13(17)16-10-11-6-3-2-4-7-11/h3-9H,10H2,1H3,(H,16,17). The summed E-state index contributed by atoms with van der Waals surface area (Å²) in [6, 6.07) is 13.7. The number of methoxy groups -OCH3 is 1. The van der Waals surface area contributed by atoms with E-state index in [9.17, 15) is 4.79 Å². The number of carbonyl (C=O) groups excluding carboxylic acids is 1. The number of hydrogen-bond acceptors (Lipinski definition) is 3. The van der Waals surface area contributed by atoms with Gasteiger partial charge in [0, 0.05) is 12.7 Å². The van der Waals surface area contributed by atoms with Gasteiger partial charge in [0.15, 0.2) is 0 Å². The number of aromatic nitrogens is 1. The maximum Gasteiger partial charge on any atom is 0.257 e. The lowest BCUT2D eigenvalue weighted by Gasteiger charge is -2.08. The summed E-state index contributed by atoms with van der Waals surface area (Å²) in [6.45, 7) is 0.464. The van der Waals surface area contributed by atoms with E-state index < -0.39 is 0 Å². The molecule has 1 amide bonds. The maximum atomic E-state index is 12.0. The average molecular weight is 241 g/mol. The van der Waals surface area contributed by atoms with Crippen molar-refractivity contribution in [3.05, 3.63) is 59.8 Å². The Labute approximate surface area is 106 Å². The predicted octanol–water partition coefficient (Wildman–Crippen LogP) is 1.82. The van der Waals surface area contributed by atoms with Crippen molar-refractivity contribution in [3.63, 3.8) is 0 Å². The van der Waals surface area contributed by atoms with E-state index in [2.05, 4.69) is 16.4 Å². The summed E-state index contributed by atoms with van der Waals surface area (Å²) in [7, 11) is 1.49. The Morgan fingerprint density at radius 1 is 1.39 bits per heavy atom. The molecule has 0 bridgehead atoms. The first-order chi connectivity index (χ1) is 8.81. The Hall–Kier alpha value is -2.36. The van der Waals surface area contributed by atoms with Gasteiger partial charge >= 0.3 is 0 Å². The third-order valence-corrected chi connectivity index (χ3v) is 2.45. The summed E-state index contributed by atoms with van der Waals surface area (Å²) in [5.74, 6) is 0.129. The lowest BCUT2D eigenvalue weighted by atomic mass is 10.2. The fourth-order valence-electron chi connectivity index (χ4n) is 1.54. The highest BCUT2D eigenvalue weighted by atomic mass is 16.5. The molecule has 1 heterocycles. The van der Waals surface area contributed by atoms with Gasteiger partial charge in [-0.25, -0.2) is 4.98 Å². The van der Waals surface area contributed by atoms with Gasteiger partial charge in [-0.3, -0.25) is 4.79 Å². The van der Waals surface area contributed by atoms with Gasteiger partial charge in [-0.2, -0.15) is 0 Å². The molecule has 1 aromatic carbocycles. The van der Waals surface area contributed by atoms with Crippen molar-refractivity contribution in [2.75, 3.05) is 7.11 Å². The zero-order valence-corrected chi connectivity index (χ0v) is 10.0. The Kier molecular flexibility index (Phi) is 3.91. The van der Waals surface area contributed by atoms with Crippen LogP contribution in [0.15, 0.2) is 42.6 Å². The molecular weight excluding hydrogens is 228 g/mol. The van der Waals surface area contributed by atoms with Crippen molar-refractivity contribution in [1.82, 2.24) is 10.3 Å². The first-order valence-electron chi connectivity index (χ1n) is 5.53. The Balaban J connectivity index is 2.04. The molecule has 1 aromatic heterocycles. The van der Waals surface area contributed by atoms with E-state index in [1.807, 2.05) is 24.3 Å². The van der Waals surface area contributed by atoms with Gasteiger partial charge in [-0.1, -0.05) is 24.3 Å². The molecular formula is C14H13N2O2. The third kappa shape index (κ3) is 2.85. The van der Waals surface area contributed by atoms with Crippen molar-refractivity contribution in [2.24, 2.45) is 0 Å². The molecule has 0 fully saturated rings. The van der Waals surface area contributed by atoms with Gasteiger partial charge in [0.25, 0.3) is 5.91 Å². The van der Waals surface area contributed by atoms with Crippen molar-refractivity contribution < 1.29 is 9.53 Å². The molecule has 0 aliphatic heterocycles. The second-order valence-electron chi connectivity index (χ2n) is 3.65. The second kappa shape index (κ2) is 5.82. The minimum atomic E-state index is -0.201. The number of nitrogens with zero attached hydrogens (tertiary/aromatic N) is 1. The minimum Gasteiger partial charge on any atom is -0.480 e. The van der Waals surface area contributed by atoms with E-state index in [0.29, 0.717) is 18.0 Å². The van der Waals surface area contributed by atoms with Crippen LogP contribution in [0.4, 0.5) is 0 Å². The molecule has 0 unspecified atom stereocenters. The monoisotopic (exact) mass is 241 g/mol. The highest BCUT2D eigenvalue weighted by Crippen LogP contribution is 2.13. The number of pyridine rings is 1. The second-order valence-corrected chi connectivity index (χ2v) is 3.65. The van der Waals surface area contributed by atoms with Crippen LogP contribution in [0.5, 0.6) is 5.88 Å². The number of ether oxygens (including phenoxy) is 1. The van der Waals surface area contributed by atoms with E-state index in [0.717, 1.165) is 5.56 Å². The smallest absolute Gasteiger partial charge is 0.257 e. The first kappa shape index (κ1) is 12.1. The van der Waals surface area contributed by atoms with Crippen LogP contribution in [0.2, 0.25) is 0 Å². The van der Waals surface area contributed by atoms with Crippen LogP contribution in [0, 0.1) is 6.07 Å². The summed E-state index contributed by atoms with van der Waals surface area (Å²) in [5.41, 5.74) is 1.45. The van der Waals surface area contributed by atoms with Gasteiger partial charge < -0.3 is 10.1 Å². The van der Waals surface area contributed by atoms with Gasteiger partial charge in [0.1, 0.15) is 5.56 Å². The molecule has 1 radical (unpaired) electrons. The summed E-state index contributed by atoms with van der Waals surface area (Å²) in [5, 5.41) is 2.82. The minimum absolute atomic E-state index is 0.201. The lowest BCUT2D eigenvalue weighted by molar-refractivity contribution is 0.0947. The number of nitrogens with one attached hydrogen (secondary N) is 1. The molecule has 0 atom stereocenters. The number of rotatable bonds is 4. The maximum absolute atomic E-state index is 12.0. The Bertz CT molecular complexity index is 526. The fraction of sp³-hybridized carbons (Fsp3) is 0.143. The van der Waals surface area contributed by atoms with E-state index in [1.54, 1.807) is 18.3 Å². The zero-order valence-electron chi connectivity index (χ0n) is 10.0. The van der Waals surface area contributed by atoms with Gasteiger partial charge in [-0.05, 0) is 23.8 Å². The van der Waals surface area contributed by atoms with Crippen LogP contribution in [0.1, 0.15) is 15.9 Å². The molecule has 4 heteroatoms. The normalized spacial score (nSPS) is 9.83. The number of benzene rings is 1. The molecule has 2 aromatic rings. The van der Waals surface area contributed by atoms with Crippen LogP contribution in [0.3, 0.4) is 0 Å². The molecule has 1 N–H and O–H groups in total. The van der Waals surface area contributed by atoms with Gasteiger partial charge in [0.2, 0.25) is 5.88 Å². The van der Waals surface area contributed by atoms with Crippen LogP contribution < -0.4 is 10.1 Å². The van der Waals surface area contributed by atoms with Crippen LogP contribution >= 0.6 is 0 Å². The Morgan fingerprint density at radius 2 is 2.17 bits per heavy atom. The highest BCUT2D eigenvalue weighted by Gasteiger charge is 2.11. The Morgan fingerprint density at radius 3 is 2.89 bits per heavy atom. The van der Waals surface area contributed by atoms with Crippen LogP contribution in [-0.4, -0.2) is 18.0 Å². The topological polar surface area (TPSA) is 51.2 Å². The van der Waals surface area contributed by atoms with E-state index in [1.165, 1.54) is 7.11 Å². The summed E-state index contributed by atoms with van der Waals surface area (Å²) < 4.78 is 5.04. The average Bonchev–Trinajstić information content (AvgIpc) is 2.45. The first-order valence-corrected chi connectivity index (χ1v) is 5.53. The molecule has 0 saturated heterocycles.